The van der Waals surface area contributed by atoms with Crippen LogP contribution >= 0.6 is 7.75 Å². The number of anilines is 1. The first-order valence-electron chi connectivity index (χ1n) is 17.2. The molecule has 1 aromatic carbocycles. The van der Waals surface area contributed by atoms with Crippen LogP contribution in [0.2, 0.25) is 0 Å². The number of para-hydroxylation sites is 1. The number of aromatic nitrogens is 3. The number of aliphatic imine (C=N–C) groups is 1. The van der Waals surface area contributed by atoms with Crippen molar-refractivity contribution in [3.63, 3.8) is 0 Å². The highest BCUT2D eigenvalue weighted by molar-refractivity contribution is 7.52. The number of nitrogens with one attached hydrogen (secondary N) is 1. The zero-order valence-electron chi connectivity index (χ0n) is 30.6. The molecule has 0 spiro atoms. The number of hydrogen-bond donors (Lipinski definition) is 2. The Kier molecular flexibility index (Phi) is 13.5. The molecule has 1 fully saturated rings. The third-order valence-corrected chi connectivity index (χ3v) is 10.4. The number of nitrogens with zero attached hydrogens (tertiary/aromatic N) is 4. The Bertz CT molecular complexity index is 1770. The van der Waals surface area contributed by atoms with Crippen molar-refractivity contribution in [3.8, 4) is 5.75 Å². The summed E-state index contributed by atoms with van der Waals surface area (Å²) in [5.74, 6) is -1.55. The Hall–Kier alpha value is -4.37. The van der Waals surface area contributed by atoms with Gasteiger partial charge in [0.15, 0.2) is 23.6 Å². The average Bonchev–Trinajstić information content (AvgIpc) is 3.68. The molecule has 16 nitrogen and oxygen atoms in total. The predicted molar refractivity (Wildman–Crippen MR) is 192 cm³/mol. The van der Waals surface area contributed by atoms with Crippen molar-refractivity contribution in [1.29, 1.82) is 0 Å². The summed E-state index contributed by atoms with van der Waals surface area (Å²) in [6, 6.07) is 10.4. The first-order valence-corrected chi connectivity index (χ1v) is 18.8. The molecule has 284 valence electrons. The molecule has 0 saturated carbocycles. The Labute approximate surface area is 303 Å². The van der Waals surface area contributed by atoms with Gasteiger partial charge in [-0.1, -0.05) is 59.2 Å². The molecule has 17 heteroatoms. The summed E-state index contributed by atoms with van der Waals surface area (Å²) in [5, 5.41) is 7.02. The molecule has 0 bridgehead atoms. The Balaban J connectivity index is 1.72. The van der Waals surface area contributed by atoms with E-state index in [1.165, 1.54) is 31.0 Å². The minimum atomic E-state index is -4.41. The summed E-state index contributed by atoms with van der Waals surface area (Å²) >= 11 is 0. The number of carbonyl (C=O) groups is 3. The molecule has 0 radical (unpaired) electrons. The van der Waals surface area contributed by atoms with E-state index in [4.69, 9.17) is 33.7 Å². The molecule has 1 aliphatic heterocycles. The summed E-state index contributed by atoms with van der Waals surface area (Å²) < 4.78 is 51.8. The van der Waals surface area contributed by atoms with Gasteiger partial charge in [-0.25, -0.2) is 14.1 Å². The van der Waals surface area contributed by atoms with E-state index >= 15 is 0 Å². The minimum Gasteiger partial charge on any atom is -0.465 e. The lowest BCUT2D eigenvalue weighted by Crippen LogP contribution is -2.47. The average molecular weight is 745 g/mol. The normalized spacial score (nSPS) is 22.2. The topological polar surface area (TPSA) is 204 Å². The lowest BCUT2D eigenvalue weighted by atomic mass is 9.87. The molecule has 2 aromatic heterocycles. The fraction of sp³-hybridized carbons (Fsp3) is 0.543. The van der Waals surface area contributed by atoms with Crippen LogP contribution in [0.25, 0.3) is 5.52 Å². The first-order chi connectivity index (χ1) is 24.7. The number of ether oxygens (including phenoxy) is 4. The first kappa shape index (κ1) is 40.4. The number of esters is 3. The van der Waals surface area contributed by atoms with Crippen molar-refractivity contribution in [1.82, 2.24) is 19.7 Å². The van der Waals surface area contributed by atoms with Crippen molar-refractivity contribution in [3.05, 3.63) is 54.5 Å². The molecule has 3 N–H and O–H groups in total. The molecule has 0 aliphatic carbocycles. The van der Waals surface area contributed by atoms with E-state index in [9.17, 15) is 18.9 Å². The highest BCUT2D eigenvalue weighted by atomic mass is 31.2. The maximum Gasteiger partial charge on any atom is 0.459 e. The van der Waals surface area contributed by atoms with E-state index < -0.39 is 62.2 Å². The molecular weight excluding hydrogens is 695 g/mol. The van der Waals surface area contributed by atoms with Crippen molar-refractivity contribution in [2.75, 3.05) is 26.0 Å². The van der Waals surface area contributed by atoms with Gasteiger partial charge in [0, 0.05) is 26.1 Å². The monoisotopic (exact) mass is 744 g/mol. The van der Waals surface area contributed by atoms with Gasteiger partial charge >= 0.3 is 25.7 Å². The zero-order valence-corrected chi connectivity index (χ0v) is 31.5. The van der Waals surface area contributed by atoms with Crippen molar-refractivity contribution >= 4 is 43.2 Å². The lowest BCUT2D eigenvalue weighted by molar-refractivity contribution is -0.168. The smallest absolute Gasteiger partial charge is 0.459 e. The van der Waals surface area contributed by atoms with Gasteiger partial charge in [0.05, 0.1) is 18.9 Å². The zero-order chi connectivity index (χ0) is 38.1. The van der Waals surface area contributed by atoms with Gasteiger partial charge < -0.3 is 29.2 Å². The van der Waals surface area contributed by atoms with E-state index in [2.05, 4.69) is 40.9 Å². The molecule has 1 unspecified atom stereocenters. The molecule has 1 saturated heterocycles. The molecule has 0 amide bonds. The highest BCUT2D eigenvalue weighted by Crippen LogP contribution is 2.48. The van der Waals surface area contributed by atoms with Gasteiger partial charge in [0.1, 0.15) is 29.7 Å². The van der Waals surface area contributed by atoms with E-state index in [1.54, 1.807) is 56.3 Å². The van der Waals surface area contributed by atoms with Crippen LogP contribution in [-0.4, -0.2) is 83.3 Å². The Morgan fingerprint density at radius 2 is 1.81 bits per heavy atom. The molecule has 3 aromatic rings. The summed E-state index contributed by atoms with van der Waals surface area (Å²) in [6.07, 6.45) is 0.294. The van der Waals surface area contributed by atoms with Gasteiger partial charge in [0.25, 0.3) is 0 Å². The Morgan fingerprint density at radius 3 is 2.46 bits per heavy atom. The van der Waals surface area contributed by atoms with E-state index in [-0.39, 0.29) is 36.4 Å². The molecule has 3 heterocycles. The SMILES string of the molecule is CCC(=O)O[C@H]1[C@@H](OC(=O)CC)[C@](/C=N/C)(c2ccc3c(N)ncnn23)O[C@@H]1COP(=O)(N[C@@H](C)C(=O)OCCC(C)(C)CC)Oc1ccccc1. The molecular formula is C35H49N6O10P. The third-order valence-electron chi connectivity index (χ3n) is 8.80. The van der Waals surface area contributed by atoms with Crippen LogP contribution in [0.5, 0.6) is 5.75 Å². The fourth-order valence-corrected chi connectivity index (χ4v) is 6.92. The number of carbonyl (C=O) groups excluding carboxylic acids is 3. The van der Waals surface area contributed by atoms with Crippen LogP contribution < -0.4 is 15.3 Å². The van der Waals surface area contributed by atoms with Crippen LogP contribution in [0.1, 0.15) is 72.9 Å². The number of rotatable bonds is 18. The third kappa shape index (κ3) is 9.54. The predicted octanol–water partition coefficient (Wildman–Crippen LogP) is 4.80. The van der Waals surface area contributed by atoms with Gasteiger partial charge in [-0.3, -0.25) is 23.9 Å². The molecule has 52 heavy (non-hydrogen) atoms. The number of benzene rings is 1. The van der Waals surface area contributed by atoms with Crippen LogP contribution in [0, 0.1) is 5.41 Å². The standard InChI is InChI=1S/C35H49N6O10P/c1-8-28(42)48-30-26(50-35(21-37-7,31(30)49-29(43)9-2)27-17-16-25-32(36)38-22-39-41(25)27)20-47-52(45,51-24-14-12-11-13-15-24)40-23(4)33(44)46-19-18-34(5,6)10-3/h11-17,21-23,26,30-31H,8-10,18-20H2,1-7H3,(H,40,45)(H2,36,38,39)/b37-21+/t23-,26+,30+,31+,35-,52?/m0/s1. The largest absolute Gasteiger partial charge is 0.465 e. The van der Waals surface area contributed by atoms with E-state index in [0.717, 1.165) is 6.42 Å². The van der Waals surface area contributed by atoms with Crippen LogP contribution in [0.3, 0.4) is 0 Å². The van der Waals surface area contributed by atoms with Gasteiger partial charge in [-0.15, -0.1) is 0 Å². The second kappa shape index (κ2) is 17.4. The van der Waals surface area contributed by atoms with Crippen molar-refractivity contribution in [2.45, 2.75) is 97.2 Å². The van der Waals surface area contributed by atoms with Crippen LogP contribution in [-0.2, 0) is 48.0 Å². The minimum absolute atomic E-state index is 0.0105. The number of fused-ring (bicyclic) bond motifs is 1. The van der Waals surface area contributed by atoms with Crippen LogP contribution in [0.15, 0.2) is 53.8 Å². The number of nitrogens with two attached hydrogens (primary N) is 1. The molecule has 1 aliphatic rings. The van der Waals surface area contributed by atoms with Crippen LogP contribution in [0.4, 0.5) is 5.82 Å². The van der Waals surface area contributed by atoms with Gasteiger partial charge in [0.2, 0.25) is 0 Å². The summed E-state index contributed by atoms with van der Waals surface area (Å²) in [7, 11) is -2.92. The fourth-order valence-electron chi connectivity index (χ4n) is 5.42. The number of nitrogen functional groups attached to an aromatic ring is 1. The molecule has 4 rings (SSSR count). The number of hydrogen-bond acceptors (Lipinski definition) is 14. The molecule has 6 atom stereocenters. The van der Waals surface area contributed by atoms with Gasteiger partial charge in [-0.05, 0) is 43.0 Å². The maximum absolute atomic E-state index is 14.5. The van der Waals surface area contributed by atoms with Crippen molar-refractivity contribution in [2.24, 2.45) is 10.4 Å². The van der Waals surface area contributed by atoms with E-state index in [1.807, 2.05) is 0 Å². The summed E-state index contributed by atoms with van der Waals surface area (Å²) in [4.78, 5) is 47.1. The summed E-state index contributed by atoms with van der Waals surface area (Å²) in [6.45, 7) is 10.5. The second-order valence-corrected chi connectivity index (χ2v) is 14.7. The highest BCUT2D eigenvalue weighted by Gasteiger charge is 2.61. The van der Waals surface area contributed by atoms with Crippen molar-refractivity contribution < 1.29 is 46.9 Å². The maximum atomic E-state index is 14.5. The summed E-state index contributed by atoms with van der Waals surface area (Å²) in [5.41, 5.74) is 5.12. The second-order valence-electron chi connectivity index (χ2n) is 13.1. The van der Waals surface area contributed by atoms with Gasteiger partial charge in [-0.2, -0.15) is 10.2 Å². The van der Waals surface area contributed by atoms with E-state index in [0.29, 0.717) is 17.6 Å². The Morgan fingerprint density at radius 1 is 1.12 bits per heavy atom. The lowest BCUT2D eigenvalue weighted by Gasteiger charge is -2.31. The quantitative estimate of drug-likeness (QED) is 0.0778.